The normalized spacial score (nSPS) is 18.1. The van der Waals surface area contributed by atoms with Crippen LogP contribution in [0.4, 0.5) is 0 Å². The van der Waals surface area contributed by atoms with Crippen molar-refractivity contribution in [1.29, 1.82) is 0 Å². The van der Waals surface area contributed by atoms with Crippen LogP contribution in [0.3, 0.4) is 0 Å². The summed E-state index contributed by atoms with van der Waals surface area (Å²) in [7, 11) is 1.67. The van der Waals surface area contributed by atoms with Crippen molar-refractivity contribution >= 4 is 5.71 Å². The van der Waals surface area contributed by atoms with E-state index in [1.807, 2.05) is 25.1 Å². The monoisotopic (exact) mass is 235 g/mol. The average molecular weight is 235 g/mol. The van der Waals surface area contributed by atoms with Crippen molar-refractivity contribution in [3.63, 3.8) is 0 Å². The first-order valence-corrected chi connectivity index (χ1v) is 5.74. The summed E-state index contributed by atoms with van der Waals surface area (Å²) in [6.45, 7) is 2.50. The predicted molar refractivity (Wildman–Crippen MR) is 65.1 cm³/mol. The quantitative estimate of drug-likeness (QED) is 0.643. The highest BCUT2D eigenvalue weighted by Crippen LogP contribution is 2.26. The molecule has 0 bridgehead atoms. The van der Waals surface area contributed by atoms with Gasteiger partial charge in [0.1, 0.15) is 12.4 Å². The van der Waals surface area contributed by atoms with E-state index in [0.717, 1.165) is 29.9 Å². The van der Waals surface area contributed by atoms with Crippen LogP contribution >= 0.6 is 0 Å². The van der Waals surface area contributed by atoms with E-state index < -0.39 is 0 Å². The molecule has 1 unspecified atom stereocenters. The molecule has 0 amide bonds. The van der Waals surface area contributed by atoms with Gasteiger partial charge in [-0.05, 0) is 43.5 Å². The van der Waals surface area contributed by atoms with Gasteiger partial charge in [0, 0.05) is 12.7 Å². The molecule has 1 atom stereocenters. The molecule has 92 valence electrons. The number of methoxy groups -OCH3 is 1. The van der Waals surface area contributed by atoms with Gasteiger partial charge in [-0.3, -0.25) is 0 Å². The number of ether oxygens (including phenoxy) is 2. The largest absolute Gasteiger partial charge is 0.491 e. The van der Waals surface area contributed by atoms with E-state index in [1.54, 1.807) is 7.11 Å². The van der Waals surface area contributed by atoms with Gasteiger partial charge in [-0.15, -0.1) is 0 Å². The Labute approximate surface area is 101 Å². The van der Waals surface area contributed by atoms with E-state index in [9.17, 15) is 0 Å². The van der Waals surface area contributed by atoms with Gasteiger partial charge in [-0.2, -0.15) is 0 Å². The minimum Gasteiger partial charge on any atom is -0.491 e. The molecular weight excluding hydrogens is 218 g/mol. The van der Waals surface area contributed by atoms with Gasteiger partial charge in [-0.25, -0.2) is 0 Å². The third kappa shape index (κ3) is 2.58. The lowest BCUT2D eigenvalue weighted by Gasteiger charge is -2.12. The SMILES string of the molecule is COC(C)COc1ccc2c(c1)CC/C2=N\O. The first-order chi connectivity index (χ1) is 8.24. The van der Waals surface area contributed by atoms with Crippen LogP contribution < -0.4 is 4.74 Å². The van der Waals surface area contributed by atoms with Gasteiger partial charge in [0.05, 0.1) is 11.8 Å². The minimum absolute atomic E-state index is 0.0813. The topological polar surface area (TPSA) is 51.0 Å². The molecule has 0 saturated heterocycles. The first kappa shape index (κ1) is 11.9. The lowest BCUT2D eigenvalue weighted by molar-refractivity contribution is 0.0716. The Balaban J connectivity index is 2.08. The number of nitrogens with zero attached hydrogens (tertiary/aromatic N) is 1. The fraction of sp³-hybridized carbons (Fsp3) is 0.462. The summed E-state index contributed by atoms with van der Waals surface area (Å²) < 4.78 is 10.7. The van der Waals surface area contributed by atoms with Crippen molar-refractivity contribution in [3.05, 3.63) is 29.3 Å². The van der Waals surface area contributed by atoms with E-state index in [2.05, 4.69) is 5.16 Å². The molecule has 1 aromatic rings. The maximum atomic E-state index is 8.83. The van der Waals surface area contributed by atoms with E-state index in [4.69, 9.17) is 14.7 Å². The highest BCUT2D eigenvalue weighted by molar-refractivity contribution is 6.04. The number of aryl methyl sites for hydroxylation is 1. The molecule has 1 aliphatic carbocycles. The van der Waals surface area contributed by atoms with Crippen LogP contribution in [0.5, 0.6) is 5.75 Å². The summed E-state index contributed by atoms with van der Waals surface area (Å²) in [5.41, 5.74) is 2.97. The lowest BCUT2D eigenvalue weighted by Crippen LogP contribution is -2.15. The Morgan fingerprint density at radius 1 is 1.41 bits per heavy atom. The van der Waals surface area contributed by atoms with Gasteiger partial charge in [0.2, 0.25) is 0 Å². The second-order valence-electron chi connectivity index (χ2n) is 4.22. The highest BCUT2D eigenvalue weighted by atomic mass is 16.5. The molecule has 0 aromatic heterocycles. The summed E-state index contributed by atoms with van der Waals surface area (Å²) in [6, 6.07) is 5.86. The zero-order chi connectivity index (χ0) is 12.3. The lowest BCUT2D eigenvalue weighted by atomic mass is 10.1. The zero-order valence-corrected chi connectivity index (χ0v) is 10.1. The summed E-state index contributed by atoms with van der Waals surface area (Å²) in [5.74, 6) is 0.840. The van der Waals surface area contributed by atoms with Crippen LogP contribution in [-0.2, 0) is 11.2 Å². The van der Waals surface area contributed by atoms with E-state index in [-0.39, 0.29) is 6.10 Å². The molecule has 1 N–H and O–H groups in total. The third-order valence-corrected chi connectivity index (χ3v) is 3.03. The van der Waals surface area contributed by atoms with Crippen molar-refractivity contribution in [1.82, 2.24) is 0 Å². The molecule has 0 heterocycles. The third-order valence-electron chi connectivity index (χ3n) is 3.03. The Morgan fingerprint density at radius 3 is 2.94 bits per heavy atom. The second kappa shape index (κ2) is 5.19. The van der Waals surface area contributed by atoms with Crippen molar-refractivity contribution < 1.29 is 14.7 Å². The van der Waals surface area contributed by atoms with Crippen LogP contribution in [0, 0.1) is 0 Å². The second-order valence-corrected chi connectivity index (χ2v) is 4.22. The number of fused-ring (bicyclic) bond motifs is 1. The van der Waals surface area contributed by atoms with Crippen molar-refractivity contribution in [2.45, 2.75) is 25.9 Å². The van der Waals surface area contributed by atoms with Crippen LogP contribution in [-0.4, -0.2) is 30.7 Å². The molecule has 1 aromatic carbocycles. The molecule has 0 radical (unpaired) electrons. The molecule has 4 nitrogen and oxygen atoms in total. The number of oxime groups is 1. The Hall–Kier alpha value is -1.55. The highest BCUT2D eigenvalue weighted by Gasteiger charge is 2.18. The van der Waals surface area contributed by atoms with E-state index in [1.165, 1.54) is 5.56 Å². The van der Waals surface area contributed by atoms with Gasteiger partial charge in [-0.1, -0.05) is 5.16 Å². The molecule has 4 heteroatoms. The standard InChI is InChI=1S/C13H17NO3/c1-9(16-2)8-17-11-4-5-12-10(7-11)3-6-13(12)14-15/h4-5,7,9,15H,3,6,8H2,1-2H3/b14-13+. The number of benzene rings is 1. The molecule has 1 aliphatic rings. The number of hydrogen-bond acceptors (Lipinski definition) is 4. The van der Waals surface area contributed by atoms with Gasteiger partial charge in [0.15, 0.2) is 0 Å². The fourth-order valence-corrected chi connectivity index (χ4v) is 1.92. The molecule has 17 heavy (non-hydrogen) atoms. The Kier molecular flexibility index (Phi) is 3.64. The molecule has 0 saturated carbocycles. The maximum Gasteiger partial charge on any atom is 0.119 e. The number of hydrogen-bond donors (Lipinski definition) is 1. The smallest absolute Gasteiger partial charge is 0.119 e. The van der Waals surface area contributed by atoms with Crippen LogP contribution in [0.15, 0.2) is 23.4 Å². The average Bonchev–Trinajstić information content (AvgIpc) is 2.78. The number of rotatable bonds is 4. The fourth-order valence-electron chi connectivity index (χ4n) is 1.92. The first-order valence-electron chi connectivity index (χ1n) is 5.74. The van der Waals surface area contributed by atoms with Crippen LogP contribution in [0.2, 0.25) is 0 Å². The maximum absolute atomic E-state index is 8.83. The molecule has 0 fully saturated rings. The van der Waals surface area contributed by atoms with Crippen molar-refractivity contribution in [3.8, 4) is 5.75 Å². The minimum atomic E-state index is 0.0813. The Bertz CT molecular complexity index is 429. The molecule has 0 aliphatic heterocycles. The zero-order valence-electron chi connectivity index (χ0n) is 10.1. The van der Waals surface area contributed by atoms with E-state index in [0.29, 0.717) is 6.61 Å². The summed E-state index contributed by atoms with van der Waals surface area (Å²) >= 11 is 0. The van der Waals surface area contributed by atoms with E-state index >= 15 is 0 Å². The van der Waals surface area contributed by atoms with Gasteiger partial charge >= 0.3 is 0 Å². The molecule has 0 spiro atoms. The van der Waals surface area contributed by atoms with Gasteiger partial charge in [0.25, 0.3) is 0 Å². The van der Waals surface area contributed by atoms with Crippen LogP contribution in [0.25, 0.3) is 0 Å². The summed E-state index contributed by atoms with van der Waals surface area (Å²) in [6.07, 6.45) is 1.79. The molecule has 2 rings (SSSR count). The van der Waals surface area contributed by atoms with Gasteiger partial charge < -0.3 is 14.7 Å². The summed E-state index contributed by atoms with van der Waals surface area (Å²) in [4.78, 5) is 0. The van der Waals surface area contributed by atoms with Crippen LogP contribution in [0.1, 0.15) is 24.5 Å². The van der Waals surface area contributed by atoms with Crippen molar-refractivity contribution in [2.24, 2.45) is 5.16 Å². The Morgan fingerprint density at radius 2 is 2.24 bits per heavy atom. The summed E-state index contributed by atoms with van der Waals surface area (Å²) in [5, 5.41) is 12.1. The van der Waals surface area contributed by atoms with Crippen molar-refractivity contribution in [2.75, 3.05) is 13.7 Å². The molecular formula is C13H17NO3. The predicted octanol–water partition coefficient (Wildman–Crippen LogP) is 2.22.